The molecule has 1 N–H and O–H groups in total. The topological polar surface area (TPSA) is 47.1 Å². The second-order valence-electron chi connectivity index (χ2n) is 3.77. The van der Waals surface area contributed by atoms with Crippen LogP contribution in [-0.4, -0.2) is 24.2 Å². The smallest absolute Gasteiger partial charge is 0.147 e. The number of H-pyrrole nitrogens is 1. The van der Waals surface area contributed by atoms with E-state index >= 15 is 0 Å². The van der Waals surface area contributed by atoms with Crippen LogP contribution in [0.5, 0.6) is 11.5 Å². The molecule has 0 amide bonds. The molecule has 17 heavy (non-hydrogen) atoms. The molecule has 0 saturated heterocycles. The summed E-state index contributed by atoms with van der Waals surface area (Å²) < 4.78 is 10.7. The first-order valence-electron chi connectivity index (χ1n) is 5.31. The summed E-state index contributed by atoms with van der Waals surface area (Å²) in [5.74, 6) is 1.59. The Labute approximate surface area is 98.2 Å². The summed E-state index contributed by atoms with van der Waals surface area (Å²) in [7, 11) is 3.31. The van der Waals surface area contributed by atoms with E-state index < -0.39 is 0 Å². The number of nitrogens with zero attached hydrogens (tertiary/aromatic N) is 1. The highest BCUT2D eigenvalue weighted by molar-refractivity contribution is 6.11. The highest BCUT2D eigenvalue weighted by atomic mass is 16.5. The van der Waals surface area contributed by atoms with Crippen LogP contribution in [0.15, 0.2) is 30.6 Å². The highest BCUT2D eigenvalue weighted by Gasteiger charge is 2.12. The number of ether oxygens (including phenoxy) is 2. The minimum Gasteiger partial charge on any atom is -0.495 e. The van der Waals surface area contributed by atoms with E-state index in [1.54, 1.807) is 26.6 Å². The van der Waals surface area contributed by atoms with Crippen LogP contribution in [0, 0.1) is 0 Å². The largest absolute Gasteiger partial charge is 0.495 e. The van der Waals surface area contributed by atoms with E-state index in [1.807, 2.05) is 18.2 Å². The maximum absolute atomic E-state index is 5.34. The van der Waals surface area contributed by atoms with Crippen LogP contribution in [-0.2, 0) is 0 Å². The Kier molecular flexibility index (Phi) is 2.14. The minimum absolute atomic E-state index is 0.766. The molecule has 0 fully saturated rings. The van der Waals surface area contributed by atoms with Gasteiger partial charge in [0.05, 0.1) is 43.0 Å². The third-order valence-corrected chi connectivity index (χ3v) is 2.91. The number of methoxy groups -OCH3 is 2. The van der Waals surface area contributed by atoms with Gasteiger partial charge in [-0.15, -0.1) is 0 Å². The zero-order valence-electron chi connectivity index (χ0n) is 9.65. The van der Waals surface area contributed by atoms with Gasteiger partial charge in [-0.1, -0.05) is 12.1 Å². The number of hydrogen-bond donors (Lipinski definition) is 1. The summed E-state index contributed by atoms with van der Waals surface area (Å²) in [6.07, 6.45) is 3.51. The molecule has 0 atom stereocenters. The van der Waals surface area contributed by atoms with Gasteiger partial charge in [-0.05, 0) is 6.07 Å². The molecule has 3 rings (SSSR count). The molecule has 1 aromatic carbocycles. The van der Waals surface area contributed by atoms with E-state index in [2.05, 4.69) is 9.97 Å². The number of aromatic nitrogens is 2. The quantitative estimate of drug-likeness (QED) is 0.733. The van der Waals surface area contributed by atoms with Crippen LogP contribution in [0.25, 0.3) is 21.8 Å². The Hall–Kier alpha value is -2.23. The fraction of sp³-hybridized carbons (Fsp3) is 0.154. The molecule has 0 unspecified atom stereocenters. The SMILES string of the molecule is COc1cccc2c1[nH]c1cncc(OC)c12. The Morgan fingerprint density at radius 2 is 1.88 bits per heavy atom. The molecule has 0 bridgehead atoms. The van der Waals surface area contributed by atoms with Crippen molar-refractivity contribution in [2.24, 2.45) is 0 Å². The predicted octanol–water partition coefficient (Wildman–Crippen LogP) is 2.73. The number of rotatable bonds is 2. The number of aromatic amines is 1. The second kappa shape index (κ2) is 3.66. The highest BCUT2D eigenvalue weighted by Crippen LogP contribution is 2.35. The normalized spacial score (nSPS) is 10.9. The van der Waals surface area contributed by atoms with Crippen molar-refractivity contribution in [2.75, 3.05) is 14.2 Å². The molecule has 0 aliphatic rings. The predicted molar refractivity (Wildman–Crippen MR) is 66.7 cm³/mol. The first kappa shape index (κ1) is 9.96. The lowest BCUT2D eigenvalue weighted by molar-refractivity contribution is 0.418. The summed E-state index contributed by atoms with van der Waals surface area (Å²) in [4.78, 5) is 7.44. The average Bonchev–Trinajstić information content (AvgIpc) is 2.76. The molecule has 86 valence electrons. The van der Waals surface area contributed by atoms with Gasteiger partial charge in [0.25, 0.3) is 0 Å². The number of benzene rings is 1. The van der Waals surface area contributed by atoms with Crippen LogP contribution in [0.4, 0.5) is 0 Å². The van der Waals surface area contributed by atoms with E-state index in [0.29, 0.717) is 0 Å². The molecule has 0 radical (unpaired) electrons. The lowest BCUT2D eigenvalue weighted by Crippen LogP contribution is -1.84. The van der Waals surface area contributed by atoms with Crippen molar-refractivity contribution < 1.29 is 9.47 Å². The molecule has 0 aliphatic carbocycles. The average molecular weight is 228 g/mol. The van der Waals surface area contributed by atoms with Crippen LogP contribution in [0.1, 0.15) is 0 Å². The lowest BCUT2D eigenvalue weighted by atomic mass is 10.1. The minimum atomic E-state index is 0.766. The molecule has 2 aromatic heterocycles. The molecular weight excluding hydrogens is 216 g/mol. The lowest BCUT2D eigenvalue weighted by Gasteiger charge is -2.01. The van der Waals surface area contributed by atoms with E-state index in [1.165, 1.54) is 0 Å². The van der Waals surface area contributed by atoms with Gasteiger partial charge in [-0.25, -0.2) is 0 Å². The number of pyridine rings is 1. The maximum Gasteiger partial charge on any atom is 0.147 e. The number of fused-ring (bicyclic) bond motifs is 3. The van der Waals surface area contributed by atoms with Gasteiger partial charge in [-0.3, -0.25) is 4.98 Å². The molecule has 4 nitrogen and oxygen atoms in total. The first-order chi connectivity index (χ1) is 8.35. The van der Waals surface area contributed by atoms with Crippen molar-refractivity contribution in [3.8, 4) is 11.5 Å². The molecule has 4 heteroatoms. The van der Waals surface area contributed by atoms with Crippen molar-refractivity contribution in [1.29, 1.82) is 0 Å². The molecule has 0 saturated carbocycles. The van der Waals surface area contributed by atoms with Crippen LogP contribution < -0.4 is 9.47 Å². The number of nitrogens with one attached hydrogen (secondary N) is 1. The Morgan fingerprint density at radius 1 is 1.06 bits per heavy atom. The molecular formula is C13H12N2O2. The van der Waals surface area contributed by atoms with Gasteiger partial charge in [0.15, 0.2) is 0 Å². The van der Waals surface area contributed by atoms with E-state index in [4.69, 9.17) is 9.47 Å². The van der Waals surface area contributed by atoms with Gasteiger partial charge < -0.3 is 14.5 Å². The van der Waals surface area contributed by atoms with E-state index in [9.17, 15) is 0 Å². The monoisotopic (exact) mass is 228 g/mol. The zero-order chi connectivity index (χ0) is 11.8. The van der Waals surface area contributed by atoms with Crippen LogP contribution in [0.2, 0.25) is 0 Å². The third-order valence-electron chi connectivity index (χ3n) is 2.91. The zero-order valence-corrected chi connectivity index (χ0v) is 9.65. The van der Waals surface area contributed by atoms with Crippen molar-refractivity contribution in [3.05, 3.63) is 30.6 Å². The molecule has 3 aromatic rings. The van der Waals surface area contributed by atoms with E-state index in [0.717, 1.165) is 33.3 Å². The molecule has 0 aliphatic heterocycles. The van der Waals surface area contributed by atoms with Crippen molar-refractivity contribution in [2.45, 2.75) is 0 Å². The molecule has 0 spiro atoms. The Bertz CT molecular complexity index is 688. The number of para-hydroxylation sites is 1. The first-order valence-corrected chi connectivity index (χ1v) is 5.31. The standard InChI is InChI=1S/C13H12N2O2/c1-16-10-5-3-4-8-12-9(15-13(8)10)6-14-7-11(12)17-2/h3-7,15H,1-2H3. The van der Waals surface area contributed by atoms with Gasteiger partial charge in [-0.2, -0.15) is 0 Å². The van der Waals surface area contributed by atoms with Gasteiger partial charge in [0, 0.05) is 5.39 Å². The summed E-state index contributed by atoms with van der Waals surface area (Å²) in [5.41, 5.74) is 1.92. The van der Waals surface area contributed by atoms with Crippen LogP contribution >= 0.6 is 0 Å². The van der Waals surface area contributed by atoms with Gasteiger partial charge in [0.1, 0.15) is 11.5 Å². The van der Waals surface area contributed by atoms with Crippen LogP contribution in [0.3, 0.4) is 0 Å². The van der Waals surface area contributed by atoms with Gasteiger partial charge in [0.2, 0.25) is 0 Å². The summed E-state index contributed by atoms with van der Waals surface area (Å²) in [6.45, 7) is 0. The molecule has 2 heterocycles. The Balaban J connectivity index is 2.51. The summed E-state index contributed by atoms with van der Waals surface area (Å²) >= 11 is 0. The van der Waals surface area contributed by atoms with Gasteiger partial charge >= 0.3 is 0 Å². The van der Waals surface area contributed by atoms with Crippen molar-refractivity contribution >= 4 is 21.8 Å². The maximum atomic E-state index is 5.34. The van der Waals surface area contributed by atoms with Crippen molar-refractivity contribution in [1.82, 2.24) is 9.97 Å². The number of hydrogen-bond acceptors (Lipinski definition) is 3. The fourth-order valence-corrected chi connectivity index (χ4v) is 2.14. The second-order valence-corrected chi connectivity index (χ2v) is 3.77. The van der Waals surface area contributed by atoms with E-state index in [-0.39, 0.29) is 0 Å². The summed E-state index contributed by atoms with van der Waals surface area (Å²) in [6, 6.07) is 5.94. The fourth-order valence-electron chi connectivity index (χ4n) is 2.14. The Morgan fingerprint density at radius 3 is 2.65 bits per heavy atom. The summed E-state index contributed by atoms with van der Waals surface area (Å²) in [5, 5.41) is 2.12. The van der Waals surface area contributed by atoms with Crippen molar-refractivity contribution in [3.63, 3.8) is 0 Å². The third kappa shape index (κ3) is 1.34.